The van der Waals surface area contributed by atoms with Gasteiger partial charge in [-0.05, 0) is 37.6 Å². The van der Waals surface area contributed by atoms with Crippen LogP contribution in [0.25, 0.3) is 0 Å². The Hall–Kier alpha value is -2.44. The number of nitrogens with zero attached hydrogens (tertiary/aromatic N) is 2. The summed E-state index contributed by atoms with van der Waals surface area (Å²) in [5, 5.41) is 3.36. The predicted octanol–water partition coefficient (Wildman–Crippen LogP) is 3.42. The lowest BCUT2D eigenvalue weighted by atomic mass is 10.0. The van der Waals surface area contributed by atoms with E-state index >= 15 is 0 Å². The van der Waals surface area contributed by atoms with E-state index in [1.54, 1.807) is 12.3 Å². The quantitative estimate of drug-likeness (QED) is 0.901. The van der Waals surface area contributed by atoms with Crippen molar-refractivity contribution in [3.8, 4) is 0 Å². The molecule has 1 aromatic carbocycles. The van der Waals surface area contributed by atoms with Gasteiger partial charge in [0.2, 0.25) is 0 Å². The van der Waals surface area contributed by atoms with Crippen molar-refractivity contribution in [3.63, 3.8) is 0 Å². The Kier molecular flexibility index (Phi) is 4.85. The van der Waals surface area contributed by atoms with Gasteiger partial charge in [-0.15, -0.1) is 0 Å². The summed E-state index contributed by atoms with van der Waals surface area (Å²) in [5.41, 5.74) is 4.77. The van der Waals surface area contributed by atoms with Gasteiger partial charge >= 0.3 is 0 Å². The third-order valence-electron chi connectivity index (χ3n) is 5.27. The summed E-state index contributed by atoms with van der Waals surface area (Å²) in [5.74, 6) is -0.509. The molecular formula is C21H25N3O3. The fourth-order valence-corrected chi connectivity index (χ4v) is 3.70. The molecule has 2 aliphatic rings. The van der Waals surface area contributed by atoms with Crippen LogP contribution < -0.4 is 5.32 Å². The van der Waals surface area contributed by atoms with Gasteiger partial charge in [-0.3, -0.25) is 4.79 Å². The van der Waals surface area contributed by atoms with Crippen LogP contribution >= 0.6 is 0 Å². The molecule has 1 aromatic heterocycles. The fourth-order valence-electron chi connectivity index (χ4n) is 3.70. The molecular weight excluding hydrogens is 342 g/mol. The third-order valence-corrected chi connectivity index (χ3v) is 5.27. The van der Waals surface area contributed by atoms with Crippen LogP contribution in [-0.2, 0) is 9.47 Å². The Morgan fingerprint density at radius 1 is 1.11 bits per heavy atom. The number of aryl methyl sites for hydroxylation is 2. The predicted molar refractivity (Wildman–Crippen MR) is 103 cm³/mol. The molecule has 0 aliphatic carbocycles. The van der Waals surface area contributed by atoms with E-state index in [0.29, 0.717) is 44.8 Å². The average Bonchev–Trinajstić information content (AvgIpc) is 3.13. The van der Waals surface area contributed by atoms with Crippen molar-refractivity contribution in [1.82, 2.24) is 9.88 Å². The van der Waals surface area contributed by atoms with Crippen LogP contribution in [0, 0.1) is 13.8 Å². The van der Waals surface area contributed by atoms with Crippen molar-refractivity contribution in [1.29, 1.82) is 0 Å². The number of anilines is 2. The molecule has 0 radical (unpaired) electrons. The third kappa shape index (κ3) is 3.82. The molecule has 2 fully saturated rings. The number of likely N-dealkylation sites (tertiary alicyclic amines) is 1. The lowest BCUT2D eigenvalue weighted by Gasteiger charge is -2.37. The van der Waals surface area contributed by atoms with E-state index in [1.807, 2.05) is 11.0 Å². The Morgan fingerprint density at radius 3 is 2.48 bits per heavy atom. The molecule has 6 heteroatoms. The summed E-state index contributed by atoms with van der Waals surface area (Å²) in [6.07, 6.45) is 3.14. The molecule has 1 spiro atoms. The number of piperidine rings is 1. The monoisotopic (exact) mass is 367 g/mol. The molecule has 1 amide bonds. The smallest absolute Gasteiger partial charge is 0.272 e. The van der Waals surface area contributed by atoms with Gasteiger partial charge in [0.15, 0.2) is 5.79 Å². The maximum absolute atomic E-state index is 12.7. The summed E-state index contributed by atoms with van der Waals surface area (Å²) < 4.78 is 11.4. The normalized spacial score (nSPS) is 18.7. The zero-order chi connectivity index (χ0) is 18.9. The molecule has 142 valence electrons. The van der Waals surface area contributed by atoms with E-state index in [0.717, 1.165) is 11.4 Å². The molecule has 27 heavy (non-hydrogen) atoms. The van der Waals surface area contributed by atoms with E-state index in [-0.39, 0.29) is 5.91 Å². The molecule has 0 saturated carbocycles. The van der Waals surface area contributed by atoms with Gasteiger partial charge in [-0.1, -0.05) is 17.7 Å². The number of amides is 1. The number of carbonyl (C=O) groups excluding carboxylic acids is 1. The van der Waals surface area contributed by atoms with Crippen molar-refractivity contribution < 1.29 is 14.3 Å². The van der Waals surface area contributed by atoms with E-state index < -0.39 is 5.79 Å². The van der Waals surface area contributed by atoms with Crippen LogP contribution in [0.2, 0.25) is 0 Å². The van der Waals surface area contributed by atoms with Crippen LogP contribution in [0.1, 0.15) is 34.5 Å². The lowest BCUT2D eigenvalue weighted by Crippen LogP contribution is -2.47. The zero-order valence-electron chi connectivity index (χ0n) is 15.8. The SMILES string of the molecule is Cc1ccc(Nc2ccc(C(=O)N3CCC4(CC3)OCCO4)nc2)c(C)c1. The molecule has 0 atom stereocenters. The summed E-state index contributed by atoms with van der Waals surface area (Å²) >= 11 is 0. The topological polar surface area (TPSA) is 63.7 Å². The van der Waals surface area contributed by atoms with Gasteiger partial charge in [-0.2, -0.15) is 0 Å². The first kappa shape index (κ1) is 17.9. The van der Waals surface area contributed by atoms with Crippen LogP contribution in [0.3, 0.4) is 0 Å². The minimum Gasteiger partial charge on any atom is -0.354 e. The highest BCUT2D eigenvalue weighted by molar-refractivity contribution is 5.92. The largest absolute Gasteiger partial charge is 0.354 e. The maximum Gasteiger partial charge on any atom is 0.272 e. The number of ether oxygens (including phenoxy) is 2. The second-order valence-corrected chi connectivity index (χ2v) is 7.28. The highest BCUT2D eigenvalue weighted by Gasteiger charge is 2.40. The summed E-state index contributed by atoms with van der Waals surface area (Å²) in [6, 6.07) is 9.94. The number of hydrogen-bond acceptors (Lipinski definition) is 5. The van der Waals surface area contributed by atoms with Gasteiger partial charge in [0, 0.05) is 31.6 Å². The van der Waals surface area contributed by atoms with Crippen LogP contribution in [0.4, 0.5) is 11.4 Å². The second-order valence-electron chi connectivity index (χ2n) is 7.28. The number of aromatic nitrogens is 1. The Labute approximate surface area is 159 Å². The van der Waals surface area contributed by atoms with Gasteiger partial charge in [0.25, 0.3) is 5.91 Å². The van der Waals surface area contributed by atoms with Crippen LogP contribution in [0.5, 0.6) is 0 Å². The number of benzene rings is 1. The fraction of sp³-hybridized carbons (Fsp3) is 0.429. The van der Waals surface area contributed by atoms with Crippen molar-refractivity contribution in [2.75, 3.05) is 31.6 Å². The van der Waals surface area contributed by atoms with E-state index in [4.69, 9.17) is 9.47 Å². The van der Waals surface area contributed by atoms with Gasteiger partial charge < -0.3 is 19.7 Å². The van der Waals surface area contributed by atoms with Crippen LogP contribution in [0.15, 0.2) is 36.5 Å². The molecule has 0 bridgehead atoms. The standard InChI is InChI=1S/C21H25N3O3/c1-15-3-5-18(16(2)13-15)23-17-4-6-19(22-14-17)20(25)24-9-7-21(8-10-24)26-11-12-27-21/h3-6,13-14,23H,7-12H2,1-2H3. The molecule has 1 N–H and O–H groups in total. The first-order valence-corrected chi connectivity index (χ1v) is 9.42. The zero-order valence-corrected chi connectivity index (χ0v) is 15.8. The van der Waals surface area contributed by atoms with Crippen molar-refractivity contribution in [2.45, 2.75) is 32.5 Å². The average molecular weight is 367 g/mol. The number of rotatable bonds is 3. The van der Waals surface area contributed by atoms with Crippen LogP contribution in [-0.4, -0.2) is 47.9 Å². The highest BCUT2D eigenvalue weighted by atomic mass is 16.7. The van der Waals surface area contributed by atoms with Gasteiger partial charge in [-0.25, -0.2) is 4.98 Å². The summed E-state index contributed by atoms with van der Waals surface area (Å²) in [4.78, 5) is 18.9. The molecule has 0 unspecified atom stereocenters. The van der Waals surface area contributed by atoms with Crippen molar-refractivity contribution >= 4 is 17.3 Å². The number of nitrogens with one attached hydrogen (secondary N) is 1. The van der Waals surface area contributed by atoms with Crippen molar-refractivity contribution in [3.05, 3.63) is 53.3 Å². The molecule has 6 nitrogen and oxygen atoms in total. The molecule has 2 aromatic rings. The lowest BCUT2D eigenvalue weighted by molar-refractivity contribution is -0.181. The Morgan fingerprint density at radius 2 is 1.85 bits per heavy atom. The molecule has 2 aliphatic heterocycles. The van der Waals surface area contributed by atoms with Crippen molar-refractivity contribution in [2.24, 2.45) is 0 Å². The first-order valence-electron chi connectivity index (χ1n) is 9.42. The minimum atomic E-state index is -0.468. The first-order chi connectivity index (χ1) is 13.0. The maximum atomic E-state index is 12.7. The molecule has 2 saturated heterocycles. The molecule has 3 heterocycles. The van der Waals surface area contributed by atoms with Gasteiger partial charge in [0.1, 0.15) is 5.69 Å². The number of pyridine rings is 1. The highest BCUT2D eigenvalue weighted by Crippen LogP contribution is 2.31. The van der Waals surface area contributed by atoms with E-state index in [9.17, 15) is 4.79 Å². The Bertz CT molecular complexity index is 819. The summed E-state index contributed by atoms with van der Waals surface area (Å²) in [7, 11) is 0. The second kappa shape index (κ2) is 7.29. The Balaban J connectivity index is 1.39. The van der Waals surface area contributed by atoms with E-state index in [1.165, 1.54) is 11.1 Å². The number of carbonyl (C=O) groups is 1. The number of hydrogen-bond donors (Lipinski definition) is 1. The minimum absolute atomic E-state index is 0.0408. The molecule has 4 rings (SSSR count). The van der Waals surface area contributed by atoms with E-state index in [2.05, 4.69) is 42.3 Å². The summed E-state index contributed by atoms with van der Waals surface area (Å²) in [6.45, 7) is 6.69. The van der Waals surface area contributed by atoms with Gasteiger partial charge in [0.05, 0.1) is 25.1 Å².